The van der Waals surface area contributed by atoms with Gasteiger partial charge in [-0.3, -0.25) is 0 Å². The Morgan fingerprint density at radius 3 is 2.32 bits per heavy atom. The largest absolute Gasteiger partial charge is 0.393 e. The fourth-order valence-corrected chi connectivity index (χ4v) is 10.3. The molecule has 4 nitrogen and oxygen atoms in total. The maximum absolute atomic E-state index is 11.2. The minimum Gasteiger partial charge on any atom is -0.393 e. The smallest absolute Gasteiger partial charge is 0.171 e. The summed E-state index contributed by atoms with van der Waals surface area (Å²) in [4.78, 5) is 0. The first-order chi connectivity index (χ1) is 14.7. The molecule has 31 heavy (non-hydrogen) atoms. The van der Waals surface area contributed by atoms with Crippen LogP contribution in [-0.4, -0.2) is 40.9 Å². The number of fused-ring (bicyclic) bond motifs is 7. The van der Waals surface area contributed by atoms with Crippen LogP contribution < -0.4 is 0 Å². The summed E-state index contributed by atoms with van der Waals surface area (Å²) in [6.45, 7) is 10.6. The van der Waals surface area contributed by atoms with Crippen molar-refractivity contribution in [1.29, 1.82) is 0 Å². The highest BCUT2D eigenvalue weighted by molar-refractivity contribution is 5.16. The van der Waals surface area contributed by atoms with Crippen molar-refractivity contribution >= 4 is 0 Å². The standard InChI is InChI=1S/C27H44O4/c1-15-5-10-27(30-14-15)16(2)24-23(31-27)13-20-18-12-22(29)21-11-17(28)6-8-25(21,3)19(18)7-9-26(20,24)4/h15-24,28-29H,5-14H2,1-4H3/t15-,16+,17-,18+,19-,20-,21-,22+,23+,24-,25-,26+,27-/m1/s1. The van der Waals surface area contributed by atoms with E-state index in [1.807, 2.05) is 0 Å². The second-order valence-corrected chi connectivity index (χ2v) is 13.2. The second kappa shape index (κ2) is 6.93. The van der Waals surface area contributed by atoms with Crippen molar-refractivity contribution < 1.29 is 19.7 Å². The molecule has 176 valence electrons. The number of rotatable bonds is 0. The molecule has 0 aromatic rings. The molecule has 0 unspecified atom stereocenters. The summed E-state index contributed by atoms with van der Waals surface area (Å²) in [7, 11) is 0. The van der Waals surface area contributed by atoms with Gasteiger partial charge in [-0.25, -0.2) is 0 Å². The molecule has 6 rings (SSSR count). The molecule has 6 aliphatic rings. The Kier molecular flexibility index (Phi) is 4.78. The van der Waals surface area contributed by atoms with E-state index >= 15 is 0 Å². The highest BCUT2D eigenvalue weighted by Crippen LogP contribution is 2.71. The van der Waals surface area contributed by atoms with E-state index in [1.165, 1.54) is 19.3 Å². The van der Waals surface area contributed by atoms with E-state index in [1.54, 1.807) is 0 Å². The molecule has 4 aliphatic carbocycles. The minimum absolute atomic E-state index is 0.191. The molecule has 6 fully saturated rings. The molecule has 0 aromatic carbocycles. The number of ether oxygens (including phenoxy) is 2. The molecule has 0 amide bonds. The van der Waals surface area contributed by atoms with Crippen molar-refractivity contribution in [1.82, 2.24) is 0 Å². The zero-order valence-corrected chi connectivity index (χ0v) is 20.1. The van der Waals surface area contributed by atoms with Gasteiger partial charge in [-0.15, -0.1) is 0 Å². The fraction of sp³-hybridized carbons (Fsp3) is 1.00. The van der Waals surface area contributed by atoms with Crippen LogP contribution in [0, 0.1) is 52.3 Å². The molecule has 2 saturated heterocycles. The van der Waals surface area contributed by atoms with Crippen LogP contribution in [0.5, 0.6) is 0 Å². The van der Waals surface area contributed by atoms with Gasteiger partial charge in [0.05, 0.1) is 24.9 Å². The molecule has 0 aromatic heterocycles. The van der Waals surface area contributed by atoms with Gasteiger partial charge >= 0.3 is 0 Å². The molecule has 13 atom stereocenters. The molecular formula is C27H44O4. The first kappa shape index (κ1) is 21.4. The monoisotopic (exact) mass is 432 g/mol. The molecule has 0 bridgehead atoms. The fourth-order valence-electron chi connectivity index (χ4n) is 10.3. The van der Waals surface area contributed by atoms with Crippen LogP contribution >= 0.6 is 0 Å². The molecule has 4 heteroatoms. The van der Waals surface area contributed by atoms with Gasteiger partial charge in [-0.1, -0.05) is 27.7 Å². The highest BCUT2D eigenvalue weighted by Gasteiger charge is 2.69. The van der Waals surface area contributed by atoms with Crippen LogP contribution in [0.1, 0.15) is 85.5 Å². The van der Waals surface area contributed by atoms with Gasteiger partial charge < -0.3 is 19.7 Å². The van der Waals surface area contributed by atoms with Crippen LogP contribution in [0.3, 0.4) is 0 Å². The van der Waals surface area contributed by atoms with Gasteiger partial charge in [0.25, 0.3) is 0 Å². The third kappa shape index (κ3) is 2.80. The van der Waals surface area contributed by atoms with Crippen molar-refractivity contribution in [3.05, 3.63) is 0 Å². The summed E-state index contributed by atoms with van der Waals surface area (Å²) >= 11 is 0. The summed E-state index contributed by atoms with van der Waals surface area (Å²) in [6.07, 6.45) is 9.58. The number of hydrogen-bond donors (Lipinski definition) is 2. The van der Waals surface area contributed by atoms with Crippen LogP contribution in [0.15, 0.2) is 0 Å². The van der Waals surface area contributed by atoms with Gasteiger partial charge in [-0.2, -0.15) is 0 Å². The zero-order chi connectivity index (χ0) is 21.8. The third-order valence-electron chi connectivity index (χ3n) is 11.9. The molecule has 4 saturated carbocycles. The Morgan fingerprint density at radius 2 is 1.58 bits per heavy atom. The summed E-state index contributed by atoms with van der Waals surface area (Å²) < 4.78 is 13.3. The van der Waals surface area contributed by atoms with Crippen LogP contribution in [0.2, 0.25) is 0 Å². The lowest BCUT2D eigenvalue weighted by molar-refractivity contribution is -0.273. The lowest BCUT2D eigenvalue weighted by Gasteiger charge is -2.62. The van der Waals surface area contributed by atoms with Crippen LogP contribution in [0.25, 0.3) is 0 Å². The number of aliphatic hydroxyl groups excluding tert-OH is 2. The molecular weight excluding hydrogens is 388 g/mol. The van der Waals surface area contributed by atoms with E-state index in [0.29, 0.717) is 47.0 Å². The van der Waals surface area contributed by atoms with Crippen molar-refractivity contribution in [2.24, 2.45) is 52.3 Å². The first-order valence-electron chi connectivity index (χ1n) is 13.4. The highest BCUT2D eigenvalue weighted by atomic mass is 16.7. The van der Waals surface area contributed by atoms with Gasteiger partial charge in [0.2, 0.25) is 0 Å². The summed E-state index contributed by atoms with van der Waals surface area (Å²) in [5.41, 5.74) is 0.495. The Bertz CT molecular complexity index is 716. The number of hydrogen-bond acceptors (Lipinski definition) is 4. The third-order valence-corrected chi connectivity index (χ3v) is 11.9. The lowest BCUT2D eigenvalue weighted by Crippen LogP contribution is -2.58. The average Bonchev–Trinajstić information content (AvgIpc) is 3.17. The van der Waals surface area contributed by atoms with Crippen molar-refractivity contribution in [2.45, 2.75) is 110 Å². The average molecular weight is 433 g/mol. The van der Waals surface area contributed by atoms with Gasteiger partial charge in [-0.05, 0) is 97.7 Å². The molecule has 2 N–H and O–H groups in total. The minimum atomic E-state index is -0.338. The van der Waals surface area contributed by atoms with Crippen LogP contribution in [0.4, 0.5) is 0 Å². The summed E-state index contributed by atoms with van der Waals surface area (Å²) in [6, 6.07) is 0. The Balaban J connectivity index is 1.28. The van der Waals surface area contributed by atoms with E-state index < -0.39 is 0 Å². The first-order valence-corrected chi connectivity index (χ1v) is 13.4. The van der Waals surface area contributed by atoms with Gasteiger partial charge in [0, 0.05) is 12.3 Å². The van der Waals surface area contributed by atoms with Gasteiger partial charge in [0.1, 0.15) is 0 Å². The van der Waals surface area contributed by atoms with E-state index in [4.69, 9.17) is 9.47 Å². The molecule has 2 aliphatic heterocycles. The van der Waals surface area contributed by atoms with Crippen molar-refractivity contribution in [3.8, 4) is 0 Å². The Morgan fingerprint density at radius 1 is 0.806 bits per heavy atom. The maximum Gasteiger partial charge on any atom is 0.171 e. The van der Waals surface area contributed by atoms with Crippen molar-refractivity contribution in [3.63, 3.8) is 0 Å². The predicted molar refractivity (Wildman–Crippen MR) is 119 cm³/mol. The number of aliphatic hydroxyl groups is 2. The molecule has 2 heterocycles. The van der Waals surface area contributed by atoms with Crippen molar-refractivity contribution in [2.75, 3.05) is 6.61 Å². The lowest BCUT2D eigenvalue weighted by atomic mass is 9.43. The molecule has 0 radical (unpaired) electrons. The van der Waals surface area contributed by atoms with Gasteiger partial charge in [0.15, 0.2) is 5.79 Å². The zero-order valence-electron chi connectivity index (χ0n) is 20.1. The van der Waals surface area contributed by atoms with Crippen LogP contribution in [-0.2, 0) is 9.47 Å². The van der Waals surface area contributed by atoms with E-state index in [0.717, 1.165) is 45.1 Å². The maximum atomic E-state index is 11.2. The topological polar surface area (TPSA) is 58.9 Å². The van der Waals surface area contributed by atoms with E-state index in [-0.39, 0.29) is 29.3 Å². The Hall–Kier alpha value is -0.160. The normalized spacial score (nSPS) is 63.3. The molecule has 1 spiro atoms. The SMILES string of the molecule is C[C@@H]1CC[C@@]2(OC1)O[C@H]1C[C@@H]3[C@H]4C[C@H](O)[C@H]5C[C@H](O)CC[C@]5(C)[C@@H]4CC[C@]3(C)[C@@H]1[C@@H]2C. The predicted octanol–water partition coefficient (Wildman–Crippen LogP) is 4.76. The summed E-state index contributed by atoms with van der Waals surface area (Å²) in [5.74, 6) is 3.58. The Labute approximate surface area is 188 Å². The van der Waals surface area contributed by atoms with E-state index in [9.17, 15) is 10.2 Å². The quantitative estimate of drug-likeness (QED) is 0.579. The summed E-state index contributed by atoms with van der Waals surface area (Å²) in [5, 5.41) is 21.5. The van der Waals surface area contributed by atoms with E-state index in [2.05, 4.69) is 27.7 Å². The second-order valence-electron chi connectivity index (χ2n) is 13.2.